The zero-order valence-corrected chi connectivity index (χ0v) is 12.3. The smallest absolute Gasteiger partial charge is 0.262 e. The lowest BCUT2D eigenvalue weighted by molar-refractivity contribution is -0.119. The third kappa shape index (κ3) is 1.96. The van der Waals surface area contributed by atoms with E-state index in [2.05, 4.69) is 10.4 Å². The van der Waals surface area contributed by atoms with Crippen LogP contribution in [0.5, 0.6) is 0 Å². The number of hydrogen-bond acceptors (Lipinski definition) is 4. The van der Waals surface area contributed by atoms with E-state index < -0.39 is 0 Å². The minimum absolute atomic E-state index is 0.124. The maximum atomic E-state index is 12.3. The Morgan fingerprint density at radius 3 is 2.64 bits per heavy atom. The number of imide groups is 1. The van der Waals surface area contributed by atoms with Gasteiger partial charge in [-0.15, -0.1) is 11.3 Å². The van der Waals surface area contributed by atoms with E-state index in [9.17, 15) is 9.59 Å². The molecule has 0 unspecified atom stereocenters. The Morgan fingerprint density at radius 1 is 1.09 bits per heavy atom. The summed E-state index contributed by atoms with van der Waals surface area (Å²) in [6.45, 7) is 0. The Kier molecular flexibility index (Phi) is 2.90. The molecule has 1 aliphatic heterocycles. The fraction of sp³-hybridized carbons (Fsp3) is 0.0625. The average molecular weight is 309 g/mol. The number of benzene rings is 1. The number of nitrogens with one attached hydrogen (secondary N) is 1. The SMILES string of the molecule is O=C1Cc2nn(-c3ccccc3)c(-c3cccs3)c2C(=O)N1. The lowest BCUT2D eigenvalue weighted by Crippen LogP contribution is -2.37. The number of aromatic nitrogens is 2. The van der Waals surface area contributed by atoms with Gasteiger partial charge in [-0.05, 0) is 23.6 Å². The van der Waals surface area contributed by atoms with Crippen LogP contribution in [-0.2, 0) is 11.2 Å². The summed E-state index contributed by atoms with van der Waals surface area (Å²) < 4.78 is 1.74. The van der Waals surface area contributed by atoms with Gasteiger partial charge >= 0.3 is 0 Å². The summed E-state index contributed by atoms with van der Waals surface area (Å²) in [5.41, 5.74) is 2.62. The van der Waals surface area contributed by atoms with E-state index >= 15 is 0 Å². The normalized spacial score (nSPS) is 13.8. The van der Waals surface area contributed by atoms with E-state index in [0.29, 0.717) is 11.3 Å². The molecular formula is C16H11N3O2S. The van der Waals surface area contributed by atoms with Gasteiger partial charge < -0.3 is 0 Å². The van der Waals surface area contributed by atoms with E-state index in [1.54, 1.807) is 4.68 Å². The molecule has 0 fully saturated rings. The molecule has 0 saturated carbocycles. The summed E-state index contributed by atoms with van der Waals surface area (Å²) in [6, 6.07) is 13.5. The highest BCUT2D eigenvalue weighted by Gasteiger charge is 2.31. The van der Waals surface area contributed by atoms with Crippen molar-refractivity contribution in [2.45, 2.75) is 6.42 Å². The largest absolute Gasteiger partial charge is 0.292 e. The number of rotatable bonds is 2. The lowest BCUT2D eigenvalue weighted by atomic mass is 10.0. The summed E-state index contributed by atoms with van der Waals surface area (Å²) in [7, 11) is 0. The molecule has 3 heterocycles. The predicted octanol–water partition coefficient (Wildman–Crippen LogP) is 2.41. The number of carbonyl (C=O) groups is 2. The topological polar surface area (TPSA) is 64.0 Å². The van der Waals surface area contributed by atoms with Crippen LogP contribution in [0.25, 0.3) is 16.3 Å². The minimum Gasteiger partial charge on any atom is -0.292 e. The monoisotopic (exact) mass is 309 g/mol. The summed E-state index contributed by atoms with van der Waals surface area (Å²) in [6.07, 6.45) is 0.124. The Balaban J connectivity index is 2.01. The van der Waals surface area contributed by atoms with E-state index in [1.807, 2.05) is 47.8 Å². The summed E-state index contributed by atoms with van der Waals surface area (Å²) in [5.74, 6) is -0.690. The van der Waals surface area contributed by atoms with Gasteiger partial charge in [-0.2, -0.15) is 5.10 Å². The van der Waals surface area contributed by atoms with Gasteiger partial charge in [0.1, 0.15) is 0 Å². The molecule has 0 saturated heterocycles. The van der Waals surface area contributed by atoms with Crippen molar-refractivity contribution in [3.63, 3.8) is 0 Å². The number of para-hydroxylation sites is 1. The van der Waals surface area contributed by atoms with Crippen LogP contribution < -0.4 is 5.32 Å². The van der Waals surface area contributed by atoms with Gasteiger partial charge in [-0.1, -0.05) is 24.3 Å². The maximum Gasteiger partial charge on any atom is 0.262 e. The molecule has 4 rings (SSSR count). The molecule has 1 aromatic carbocycles. The molecule has 22 heavy (non-hydrogen) atoms. The van der Waals surface area contributed by atoms with E-state index in [0.717, 1.165) is 16.3 Å². The number of amides is 2. The zero-order chi connectivity index (χ0) is 15.1. The van der Waals surface area contributed by atoms with Crippen molar-refractivity contribution in [2.75, 3.05) is 0 Å². The van der Waals surface area contributed by atoms with Gasteiger partial charge in [-0.3, -0.25) is 14.9 Å². The summed E-state index contributed by atoms with van der Waals surface area (Å²) in [5, 5.41) is 8.85. The average Bonchev–Trinajstić information content (AvgIpc) is 3.14. The Bertz CT molecular complexity index is 866. The van der Waals surface area contributed by atoms with Gasteiger partial charge in [0, 0.05) is 0 Å². The van der Waals surface area contributed by atoms with Gasteiger partial charge in [-0.25, -0.2) is 4.68 Å². The Morgan fingerprint density at radius 2 is 1.91 bits per heavy atom. The molecule has 3 aromatic rings. The molecule has 1 aliphatic rings. The second-order valence-electron chi connectivity index (χ2n) is 4.95. The first-order chi connectivity index (χ1) is 10.7. The molecule has 0 bridgehead atoms. The fourth-order valence-corrected chi connectivity index (χ4v) is 3.37. The van der Waals surface area contributed by atoms with E-state index in [-0.39, 0.29) is 18.2 Å². The van der Waals surface area contributed by atoms with Crippen LogP contribution in [0.1, 0.15) is 16.1 Å². The molecule has 2 aromatic heterocycles. The highest BCUT2D eigenvalue weighted by atomic mass is 32.1. The van der Waals surface area contributed by atoms with Crippen molar-refractivity contribution in [3.8, 4) is 16.3 Å². The summed E-state index contributed by atoms with van der Waals surface area (Å²) >= 11 is 1.54. The second-order valence-corrected chi connectivity index (χ2v) is 5.90. The Labute approximate surface area is 130 Å². The van der Waals surface area contributed by atoms with Gasteiger partial charge in [0.2, 0.25) is 5.91 Å². The zero-order valence-electron chi connectivity index (χ0n) is 11.4. The van der Waals surface area contributed by atoms with E-state index in [4.69, 9.17) is 0 Å². The maximum absolute atomic E-state index is 12.3. The molecule has 0 atom stereocenters. The number of thiophene rings is 1. The number of carbonyl (C=O) groups excluding carboxylic acids is 2. The molecule has 108 valence electrons. The molecule has 1 N–H and O–H groups in total. The van der Waals surface area contributed by atoms with Crippen LogP contribution in [0.4, 0.5) is 0 Å². The van der Waals surface area contributed by atoms with Crippen molar-refractivity contribution in [1.29, 1.82) is 0 Å². The molecule has 5 nitrogen and oxygen atoms in total. The van der Waals surface area contributed by atoms with E-state index in [1.165, 1.54) is 11.3 Å². The first kappa shape index (κ1) is 13.0. The van der Waals surface area contributed by atoms with Crippen LogP contribution in [0.15, 0.2) is 47.8 Å². The molecule has 6 heteroatoms. The fourth-order valence-electron chi connectivity index (χ4n) is 2.61. The van der Waals surface area contributed by atoms with Crippen LogP contribution in [0.2, 0.25) is 0 Å². The van der Waals surface area contributed by atoms with Gasteiger partial charge in [0.15, 0.2) is 0 Å². The second kappa shape index (κ2) is 4.92. The summed E-state index contributed by atoms with van der Waals surface area (Å²) in [4.78, 5) is 24.8. The third-order valence-corrected chi connectivity index (χ3v) is 4.40. The quantitative estimate of drug-likeness (QED) is 0.739. The lowest BCUT2D eigenvalue weighted by Gasteiger charge is -2.11. The predicted molar refractivity (Wildman–Crippen MR) is 83.1 cm³/mol. The van der Waals surface area contributed by atoms with Crippen LogP contribution in [-0.4, -0.2) is 21.6 Å². The Hall–Kier alpha value is -2.73. The van der Waals surface area contributed by atoms with Crippen molar-refractivity contribution in [2.24, 2.45) is 0 Å². The number of fused-ring (bicyclic) bond motifs is 1. The third-order valence-electron chi connectivity index (χ3n) is 3.52. The van der Waals surface area contributed by atoms with Crippen LogP contribution in [0, 0.1) is 0 Å². The molecular weight excluding hydrogens is 298 g/mol. The highest BCUT2D eigenvalue weighted by Crippen LogP contribution is 2.33. The molecule has 0 aliphatic carbocycles. The first-order valence-electron chi connectivity index (χ1n) is 6.79. The van der Waals surface area contributed by atoms with Crippen LogP contribution in [0.3, 0.4) is 0 Å². The highest BCUT2D eigenvalue weighted by molar-refractivity contribution is 7.13. The van der Waals surface area contributed by atoms with Crippen molar-refractivity contribution in [1.82, 2.24) is 15.1 Å². The molecule has 0 spiro atoms. The van der Waals surface area contributed by atoms with Crippen molar-refractivity contribution in [3.05, 3.63) is 59.1 Å². The van der Waals surface area contributed by atoms with Gasteiger partial charge in [0.25, 0.3) is 5.91 Å². The first-order valence-corrected chi connectivity index (χ1v) is 7.67. The number of nitrogens with zero attached hydrogens (tertiary/aromatic N) is 2. The molecule has 2 amide bonds. The standard InChI is InChI=1S/C16H11N3O2S/c20-13-9-11-14(16(21)17-13)15(12-7-4-8-22-12)19(18-11)10-5-2-1-3-6-10/h1-8H,9H2,(H,17,20,21). The van der Waals surface area contributed by atoms with Crippen LogP contribution >= 0.6 is 11.3 Å². The molecule has 0 radical (unpaired) electrons. The number of hydrogen-bond donors (Lipinski definition) is 1. The minimum atomic E-state index is -0.378. The van der Waals surface area contributed by atoms with Crippen molar-refractivity contribution < 1.29 is 9.59 Å². The van der Waals surface area contributed by atoms with Crippen molar-refractivity contribution >= 4 is 23.2 Å². The van der Waals surface area contributed by atoms with Gasteiger partial charge in [0.05, 0.1) is 33.9 Å².